The Labute approximate surface area is 138 Å². The fourth-order valence-electron chi connectivity index (χ4n) is 3.75. The number of nitrogens with zero attached hydrogens (tertiary/aromatic N) is 1. The lowest BCUT2D eigenvalue weighted by atomic mass is 9.78. The minimum absolute atomic E-state index is 0.122. The third kappa shape index (κ3) is 2.96. The van der Waals surface area contributed by atoms with E-state index in [9.17, 15) is 4.79 Å². The van der Waals surface area contributed by atoms with E-state index in [0.717, 1.165) is 17.1 Å². The van der Waals surface area contributed by atoms with E-state index >= 15 is 0 Å². The number of rotatable bonds is 3. The maximum Gasteiger partial charge on any atom is 0.328 e. The first-order valence-corrected chi connectivity index (χ1v) is 8.23. The van der Waals surface area contributed by atoms with E-state index in [1.807, 2.05) is 18.2 Å². The van der Waals surface area contributed by atoms with Crippen LogP contribution in [0.25, 0.3) is 0 Å². The third-order valence-electron chi connectivity index (χ3n) is 4.59. The minimum Gasteiger partial charge on any atom is -0.467 e. The fraction of sp³-hybridized carbons (Fsp3) is 0.611. The van der Waals surface area contributed by atoms with E-state index in [4.69, 9.17) is 16.3 Å². The summed E-state index contributed by atoms with van der Waals surface area (Å²) in [6, 6.07) is 5.66. The number of carbonyl (C=O) groups excluding carboxylic acids is 1. The van der Waals surface area contributed by atoms with Crippen molar-refractivity contribution in [3.8, 4) is 0 Å². The van der Waals surface area contributed by atoms with Crippen LogP contribution in [0.1, 0.15) is 52.5 Å². The van der Waals surface area contributed by atoms with Gasteiger partial charge in [0.25, 0.3) is 0 Å². The van der Waals surface area contributed by atoms with E-state index < -0.39 is 0 Å². The van der Waals surface area contributed by atoms with E-state index in [0.29, 0.717) is 5.92 Å². The fourth-order valence-corrected chi connectivity index (χ4v) is 3.93. The van der Waals surface area contributed by atoms with Gasteiger partial charge in [-0.15, -0.1) is 0 Å². The van der Waals surface area contributed by atoms with Crippen molar-refractivity contribution in [3.63, 3.8) is 0 Å². The third-order valence-corrected chi connectivity index (χ3v) is 4.83. The average molecular weight is 324 g/mol. The van der Waals surface area contributed by atoms with Gasteiger partial charge in [-0.3, -0.25) is 0 Å². The summed E-state index contributed by atoms with van der Waals surface area (Å²) >= 11 is 6.18. The summed E-state index contributed by atoms with van der Waals surface area (Å²) in [6.45, 7) is 10.7. The molecule has 2 atom stereocenters. The summed E-state index contributed by atoms with van der Waals surface area (Å²) in [7, 11) is 1.46. The molecule has 0 aromatic heterocycles. The molecule has 1 heterocycles. The molecule has 0 N–H and O–H groups in total. The molecule has 0 spiro atoms. The summed E-state index contributed by atoms with van der Waals surface area (Å²) in [6.07, 6.45) is 0.973. The predicted molar refractivity (Wildman–Crippen MR) is 91.7 cm³/mol. The number of halogens is 1. The van der Waals surface area contributed by atoms with Gasteiger partial charge in [-0.2, -0.15) is 0 Å². The highest BCUT2D eigenvalue weighted by atomic mass is 35.5. The number of esters is 1. The highest BCUT2D eigenvalue weighted by Gasteiger charge is 2.44. The van der Waals surface area contributed by atoms with Gasteiger partial charge >= 0.3 is 5.97 Å². The van der Waals surface area contributed by atoms with Crippen LogP contribution >= 0.6 is 11.6 Å². The largest absolute Gasteiger partial charge is 0.467 e. The summed E-state index contributed by atoms with van der Waals surface area (Å²) in [5, 5.41) is 0.740. The van der Waals surface area contributed by atoms with Crippen LogP contribution in [0.15, 0.2) is 18.2 Å². The van der Waals surface area contributed by atoms with E-state index in [1.165, 1.54) is 12.7 Å². The van der Waals surface area contributed by atoms with Gasteiger partial charge in [0.15, 0.2) is 0 Å². The van der Waals surface area contributed by atoms with Crippen LogP contribution in [-0.4, -0.2) is 24.7 Å². The Balaban J connectivity index is 2.61. The van der Waals surface area contributed by atoms with Crippen molar-refractivity contribution in [1.29, 1.82) is 0 Å². The zero-order valence-corrected chi connectivity index (χ0v) is 15.1. The highest BCUT2D eigenvalue weighted by Crippen LogP contribution is 2.46. The first-order chi connectivity index (χ1) is 10.2. The number of anilines is 1. The molecule has 0 aliphatic carbocycles. The second-order valence-electron chi connectivity index (χ2n) is 7.20. The summed E-state index contributed by atoms with van der Waals surface area (Å²) in [4.78, 5) is 14.6. The molecule has 3 nitrogen and oxygen atoms in total. The molecule has 0 saturated carbocycles. The molecule has 1 aromatic carbocycles. The van der Waals surface area contributed by atoms with Crippen molar-refractivity contribution in [2.24, 2.45) is 5.92 Å². The summed E-state index contributed by atoms with van der Waals surface area (Å²) < 4.78 is 5.08. The highest BCUT2D eigenvalue weighted by molar-refractivity contribution is 6.30. The van der Waals surface area contributed by atoms with Gasteiger partial charge in [0.2, 0.25) is 0 Å². The van der Waals surface area contributed by atoms with Gasteiger partial charge in [0, 0.05) is 16.2 Å². The molecule has 122 valence electrons. The van der Waals surface area contributed by atoms with Gasteiger partial charge in [-0.25, -0.2) is 4.79 Å². The van der Waals surface area contributed by atoms with Crippen LogP contribution in [0.2, 0.25) is 5.02 Å². The van der Waals surface area contributed by atoms with Crippen LogP contribution in [0, 0.1) is 5.92 Å². The van der Waals surface area contributed by atoms with E-state index in [2.05, 4.69) is 39.5 Å². The Bertz CT molecular complexity index is 568. The van der Waals surface area contributed by atoms with E-state index in [1.54, 1.807) is 0 Å². The Morgan fingerprint density at radius 2 is 2.05 bits per heavy atom. The Morgan fingerprint density at radius 1 is 1.41 bits per heavy atom. The molecule has 1 aromatic rings. The molecule has 1 aliphatic rings. The number of fused-ring (bicyclic) bond motifs is 1. The zero-order chi connectivity index (χ0) is 16.7. The lowest BCUT2D eigenvalue weighted by Crippen LogP contribution is -2.58. The van der Waals surface area contributed by atoms with Gasteiger partial charge < -0.3 is 9.64 Å². The quantitative estimate of drug-likeness (QED) is 0.759. The number of benzene rings is 1. The topological polar surface area (TPSA) is 29.5 Å². The number of methoxy groups -OCH3 is 1. The van der Waals surface area contributed by atoms with Crippen molar-refractivity contribution in [2.75, 3.05) is 12.0 Å². The Kier molecular flexibility index (Phi) is 4.76. The average Bonchev–Trinajstić information content (AvgIpc) is 2.42. The number of ether oxygens (including phenoxy) is 1. The van der Waals surface area contributed by atoms with Crippen LogP contribution in [0.4, 0.5) is 5.69 Å². The summed E-state index contributed by atoms with van der Waals surface area (Å²) in [5.41, 5.74) is 2.18. The maximum absolute atomic E-state index is 12.4. The van der Waals surface area contributed by atoms with Crippen LogP contribution in [-0.2, 0) is 9.53 Å². The molecule has 0 radical (unpaired) electrons. The maximum atomic E-state index is 12.4. The van der Waals surface area contributed by atoms with E-state index in [-0.39, 0.29) is 23.5 Å². The second-order valence-corrected chi connectivity index (χ2v) is 7.64. The smallest absolute Gasteiger partial charge is 0.328 e. The Hall–Kier alpha value is -1.22. The van der Waals surface area contributed by atoms with Crippen LogP contribution in [0.5, 0.6) is 0 Å². The monoisotopic (exact) mass is 323 g/mol. The molecule has 0 saturated heterocycles. The predicted octanol–water partition coefficient (Wildman–Crippen LogP) is 4.63. The molecule has 2 rings (SSSR count). The molecule has 4 heteroatoms. The standard InChI is InChI=1S/C18H26ClNO2/c1-11(2)16(17(21)22-6)20-15-8-7-13(19)9-14(15)12(3)10-18(20,4)5/h7-9,11-12,16H,10H2,1-6H3/t12-,16+/m0/s1. The minimum atomic E-state index is -0.299. The molecular formula is C18H26ClNO2. The first kappa shape index (κ1) is 17.1. The van der Waals surface area contributed by atoms with Gasteiger partial charge in [0.1, 0.15) is 6.04 Å². The Morgan fingerprint density at radius 3 is 2.59 bits per heavy atom. The molecule has 0 amide bonds. The number of carbonyl (C=O) groups is 1. The SMILES string of the molecule is COC(=O)[C@@H](C(C)C)N1c2ccc(Cl)cc2[C@@H](C)CC1(C)C. The second kappa shape index (κ2) is 6.11. The lowest BCUT2D eigenvalue weighted by molar-refractivity contribution is -0.143. The van der Waals surface area contributed by atoms with Crippen molar-refractivity contribution >= 4 is 23.3 Å². The molecule has 1 aliphatic heterocycles. The normalized spacial score (nSPS) is 21.5. The van der Waals surface area contributed by atoms with Gasteiger partial charge in [0.05, 0.1) is 7.11 Å². The van der Waals surface area contributed by atoms with Gasteiger partial charge in [-0.1, -0.05) is 32.4 Å². The number of hydrogen-bond acceptors (Lipinski definition) is 3. The van der Waals surface area contributed by atoms with Gasteiger partial charge in [-0.05, 0) is 55.9 Å². The number of hydrogen-bond donors (Lipinski definition) is 0. The summed E-state index contributed by atoms with van der Waals surface area (Å²) in [5.74, 6) is 0.382. The van der Waals surface area contributed by atoms with Crippen molar-refractivity contribution in [3.05, 3.63) is 28.8 Å². The molecule has 0 unspecified atom stereocenters. The first-order valence-electron chi connectivity index (χ1n) is 7.85. The molecule has 0 fully saturated rings. The molecule has 22 heavy (non-hydrogen) atoms. The molecule has 0 bridgehead atoms. The van der Waals surface area contributed by atoms with Crippen molar-refractivity contribution < 1.29 is 9.53 Å². The van der Waals surface area contributed by atoms with Crippen LogP contribution < -0.4 is 4.90 Å². The lowest BCUT2D eigenvalue weighted by Gasteiger charge is -2.51. The molecular weight excluding hydrogens is 298 g/mol. The van der Waals surface area contributed by atoms with Crippen molar-refractivity contribution in [2.45, 2.75) is 58.5 Å². The van der Waals surface area contributed by atoms with Crippen molar-refractivity contribution in [1.82, 2.24) is 0 Å². The van der Waals surface area contributed by atoms with Crippen LogP contribution in [0.3, 0.4) is 0 Å². The zero-order valence-electron chi connectivity index (χ0n) is 14.3.